The van der Waals surface area contributed by atoms with E-state index in [1.54, 1.807) is 24.8 Å². The maximum absolute atomic E-state index is 14.7. The number of likely N-dealkylation sites (tertiary alicyclic amines) is 1. The number of rotatable bonds is 5. The van der Waals surface area contributed by atoms with Gasteiger partial charge in [-0.3, -0.25) is 14.5 Å². The molecule has 3 aliphatic heterocycles. The van der Waals surface area contributed by atoms with Crippen LogP contribution in [0.4, 0.5) is 10.5 Å². The first-order valence-electron chi connectivity index (χ1n) is 14.8. The molecule has 0 saturated carbocycles. The molecular formula is C34H35N3O6. The summed E-state index contributed by atoms with van der Waals surface area (Å²) in [6.45, 7) is 3.67. The lowest BCUT2D eigenvalue weighted by atomic mass is 9.93. The van der Waals surface area contributed by atoms with Gasteiger partial charge in [0.1, 0.15) is 18.1 Å². The van der Waals surface area contributed by atoms with Crippen molar-refractivity contribution in [2.24, 2.45) is 0 Å². The standard InChI is InChI=1S/C34H35N3O6/c1-21(2)43-34(42)37-26-15-9-8-13-24(26)19-29(37)32(39)36-27(22-10-4-3-5-11-22)16-17-28(36)31(38)35-20-25-14-7-6-12-23(25)18-30(35)33(40)41/h3-15,21,27-30H,16-20H2,1-2H3,(H,40,41)/t27-,28+,29+,30?/m0/s1. The second kappa shape index (κ2) is 11.6. The minimum Gasteiger partial charge on any atom is -0.480 e. The van der Waals surface area contributed by atoms with Crippen LogP contribution in [0.3, 0.4) is 0 Å². The SMILES string of the molecule is CC(C)OC(=O)N1c2ccccc2C[C@@H]1C(=O)N1[C@@H](C(=O)N2Cc3ccccc3CC2C(=O)O)CC[C@H]1c1ccccc1. The summed E-state index contributed by atoms with van der Waals surface area (Å²) in [5.74, 6) is -1.82. The van der Waals surface area contributed by atoms with Gasteiger partial charge in [0.2, 0.25) is 11.8 Å². The predicted octanol–water partition coefficient (Wildman–Crippen LogP) is 4.73. The molecule has 9 heteroatoms. The van der Waals surface area contributed by atoms with Crippen LogP contribution in [0, 0.1) is 0 Å². The molecule has 1 saturated heterocycles. The van der Waals surface area contributed by atoms with Crippen molar-refractivity contribution in [1.29, 1.82) is 0 Å². The number of ether oxygens (including phenoxy) is 1. The summed E-state index contributed by atoms with van der Waals surface area (Å²) in [5.41, 5.74) is 4.15. The van der Waals surface area contributed by atoms with Crippen LogP contribution in [-0.2, 0) is 38.5 Å². The van der Waals surface area contributed by atoms with Gasteiger partial charge < -0.3 is 19.6 Å². The predicted molar refractivity (Wildman–Crippen MR) is 159 cm³/mol. The number of hydrogen-bond donors (Lipinski definition) is 1. The summed E-state index contributed by atoms with van der Waals surface area (Å²) in [6, 6.07) is 21.3. The molecule has 1 fully saturated rings. The van der Waals surface area contributed by atoms with Gasteiger partial charge in [-0.1, -0.05) is 72.8 Å². The van der Waals surface area contributed by atoms with Crippen LogP contribution in [0.2, 0.25) is 0 Å². The molecule has 3 aliphatic rings. The molecule has 0 aliphatic carbocycles. The van der Waals surface area contributed by atoms with Crippen molar-refractivity contribution in [3.8, 4) is 0 Å². The number of carboxylic acid groups (broad SMARTS) is 1. The topological polar surface area (TPSA) is 107 Å². The molecule has 43 heavy (non-hydrogen) atoms. The molecule has 3 heterocycles. The van der Waals surface area contributed by atoms with Crippen molar-refractivity contribution in [3.63, 3.8) is 0 Å². The lowest BCUT2D eigenvalue weighted by Crippen LogP contribution is -2.58. The van der Waals surface area contributed by atoms with Crippen molar-refractivity contribution < 1.29 is 29.0 Å². The molecule has 3 aromatic carbocycles. The van der Waals surface area contributed by atoms with E-state index in [9.17, 15) is 24.3 Å². The van der Waals surface area contributed by atoms with E-state index >= 15 is 0 Å². The van der Waals surface area contributed by atoms with E-state index in [1.165, 1.54) is 9.80 Å². The summed E-state index contributed by atoms with van der Waals surface area (Å²) < 4.78 is 5.56. The molecule has 0 radical (unpaired) electrons. The number of fused-ring (bicyclic) bond motifs is 2. The normalized spacial score (nSPS) is 22.7. The molecule has 4 atom stereocenters. The van der Waals surface area contributed by atoms with E-state index in [-0.39, 0.29) is 37.3 Å². The summed E-state index contributed by atoms with van der Waals surface area (Å²) in [5, 5.41) is 10.1. The summed E-state index contributed by atoms with van der Waals surface area (Å²) >= 11 is 0. The Morgan fingerprint density at radius 3 is 2.07 bits per heavy atom. The molecule has 0 spiro atoms. The van der Waals surface area contributed by atoms with E-state index < -0.39 is 36.2 Å². The number of para-hydroxylation sites is 1. The van der Waals surface area contributed by atoms with E-state index in [1.807, 2.05) is 72.8 Å². The number of carbonyl (C=O) groups excluding carboxylic acids is 3. The fourth-order valence-corrected chi connectivity index (χ4v) is 6.77. The fourth-order valence-electron chi connectivity index (χ4n) is 6.77. The zero-order valence-corrected chi connectivity index (χ0v) is 24.3. The van der Waals surface area contributed by atoms with Crippen LogP contribution < -0.4 is 4.90 Å². The highest BCUT2D eigenvalue weighted by atomic mass is 16.6. The van der Waals surface area contributed by atoms with Crippen molar-refractivity contribution in [3.05, 3.63) is 101 Å². The van der Waals surface area contributed by atoms with Crippen molar-refractivity contribution in [2.45, 2.75) is 76.3 Å². The second-order valence-corrected chi connectivity index (χ2v) is 11.7. The van der Waals surface area contributed by atoms with Crippen LogP contribution in [0.15, 0.2) is 78.9 Å². The van der Waals surface area contributed by atoms with Gasteiger partial charge in [-0.25, -0.2) is 9.59 Å². The fraction of sp³-hybridized carbons (Fsp3) is 0.353. The molecular weight excluding hydrogens is 546 g/mol. The molecule has 222 valence electrons. The van der Waals surface area contributed by atoms with Gasteiger partial charge in [0.05, 0.1) is 17.8 Å². The Hall–Kier alpha value is -4.66. The van der Waals surface area contributed by atoms with Gasteiger partial charge in [-0.15, -0.1) is 0 Å². The van der Waals surface area contributed by atoms with Crippen LogP contribution in [0.1, 0.15) is 55.0 Å². The Balaban J connectivity index is 1.38. The molecule has 1 N–H and O–H groups in total. The highest BCUT2D eigenvalue weighted by Gasteiger charge is 2.50. The van der Waals surface area contributed by atoms with Gasteiger partial charge >= 0.3 is 12.1 Å². The second-order valence-electron chi connectivity index (χ2n) is 11.7. The van der Waals surface area contributed by atoms with E-state index in [4.69, 9.17) is 4.74 Å². The number of carbonyl (C=O) groups is 4. The smallest absolute Gasteiger partial charge is 0.415 e. The minimum atomic E-state index is -1.08. The number of carboxylic acids is 1. The van der Waals surface area contributed by atoms with E-state index in [0.717, 1.165) is 22.3 Å². The zero-order valence-electron chi connectivity index (χ0n) is 24.3. The Kier molecular flexibility index (Phi) is 7.64. The average molecular weight is 582 g/mol. The molecule has 1 unspecified atom stereocenters. The first kappa shape index (κ1) is 28.5. The highest BCUT2D eigenvalue weighted by Crippen LogP contribution is 2.41. The highest BCUT2D eigenvalue weighted by molar-refractivity contribution is 6.02. The lowest BCUT2D eigenvalue weighted by molar-refractivity contribution is -0.155. The number of benzene rings is 3. The largest absolute Gasteiger partial charge is 0.480 e. The third kappa shape index (κ3) is 5.24. The van der Waals surface area contributed by atoms with Crippen molar-refractivity contribution >= 4 is 29.6 Å². The number of anilines is 1. The number of amides is 3. The summed E-state index contributed by atoms with van der Waals surface area (Å²) in [4.78, 5) is 59.3. The number of nitrogens with zero attached hydrogens (tertiary/aromatic N) is 3. The van der Waals surface area contributed by atoms with E-state index in [2.05, 4.69) is 0 Å². The maximum atomic E-state index is 14.7. The molecule has 0 bridgehead atoms. The van der Waals surface area contributed by atoms with Crippen molar-refractivity contribution in [1.82, 2.24) is 9.80 Å². The molecule has 3 amide bonds. The minimum absolute atomic E-state index is 0.155. The first-order valence-corrected chi connectivity index (χ1v) is 14.8. The molecule has 9 nitrogen and oxygen atoms in total. The molecule has 6 rings (SSSR count). The van der Waals surface area contributed by atoms with Gasteiger partial charge in [0.15, 0.2) is 0 Å². The van der Waals surface area contributed by atoms with Crippen LogP contribution in [0.25, 0.3) is 0 Å². The molecule has 0 aromatic heterocycles. The Morgan fingerprint density at radius 2 is 1.37 bits per heavy atom. The Morgan fingerprint density at radius 1 is 0.744 bits per heavy atom. The number of hydrogen-bond acceptors (Lipinski definition) is 5. The first-order chi connectivity index (χ1) is 20.7. The van der Waals surface area contributed by atoms with Gasteiger partial charge in [-0.05, 0) is 55.0 Å². The van der Waals surface area contributed by atoms with Crippen LogP contribution in [0.5, 0.6) is 0 Å². The lowest BCUT2D eigenvalue weighted by Gasteiger charge is -2.40. The average Bonchev–Trinajstić information content (AvgIpc) is 3.62. The van der Waals surface area contributed by atoms with Crippen LogP contribution in [-0.4, -0.2) is 63.0 Å². The van der Waals surface area contributed by atoms with Gasteiger partial charge in [0, 0.05) is 19.4 Å². The summed E-state index contributed by atoms with van der Waals surface area (Å²) in [7, 11) is 0. The third-order valence-electron chi connectivity index (χ3n) is 8.72. The summed E-state index contributed by atoms with van der Waals surface area (Å²) in [6.07, 6.45) is 0.400. The number of aliphatic carboxylic acids is 1. The zero-order chi connectivity index (χ0) is 30.2. The Labute approximate surface area is 250 Å². The van der Waals surface area contributed by atoms with Gasteiger partial charge in [0.25, 0.3) is 0 Å². The quantitative estimate of drug-likeness (QED) is 0.467. The molecule has 3 aromatic rings. The maximum Gasteiger partial charge on any atom is 0.415 e. The van der Waals surface area contributed by atoms with Crippen molar-refractivity contribution in [2.75, 3.05) is 4.90 Å². The van der Waals surface area contributed by atoms with Crippen LogP contribution >= 0.6 is 0 Å². The Bertz CT molecular complexity index is 1560. The third-order valence-corrected chi connectivity index (χ3v) is 8.72. The van der Waals surface area contributed by atoms with E-state index in [0.29, 0.717) is 18.5 Å². The monoisotopic (exact) mass is 581 g/mol. The van der Waals surface area contributed by atoms with Gasteiger partial charge in [-0.2, -0.15) is 0 Å².